The standard InChI is InChI=1S/C21H21F3N4O/c22-21(23,24)15-4-3-5-16(12-15)25-20(29)14-8-10-28(11-9-14)13-19-26-17-6-1-2-7-18(17)27-19/h1-7,12,14H,8-11,13H2,(H,25,29)(H,26,27). The molecule has 1 aromatic heterocycles. The number of hydrogen-bond acceptors (Lipinski definition) is 3. The highest BCUT2D eigenvalue weighted by Crippen LogP contribution is 2.31. The van der Waals surface area contributed by atoms with Gasteiger partial charge >= 0.3 is 6.18 Å². The van der Waals surface area contributed by atoms with Crippen molar-refractivity contribution in [1.29, 1.82) is 0 Å². The van der Waals surface area contributed by atoms with E-state index >= 15 is 0 Å². The second-order valence-electron chi connectivity index (χ2n) is 7.32. The highest BCUT2D eigenvalue weighted by atomic mass is 19.4. The zero-order chi connectivity index (χ0) is 20.4. The van der Waals surface area contributed by atoms with Gasteiger partial charge in [0.05, 0.1) is 23.1 Å². The van der Waals surface area contributed by atoms with Crippen LogP contribution in [0, 0.1) is 5.92 Å². The van der Waals surface area contributed by atoms with Crippen LogP contribution in [-0.4, -0.2) is 33.9 Å². The van der Waals surface area contributed by atoms with Gasteiger partial charge < -0.3 is 10.3 Å². The molecule has 0 radical (unpaired) electrons. The monoisotopic (exact) mass is 402 g/mol. The number of hydrogen-bond donors (Lipinski definition) is 2. The van der Waals surface area contributed by atoms with Crippen LogP contribution in [0.5, 0.6) is 0 Å². The zero-order valence-corrected chi connectivity index (χ0v) is 15.7. The molecule has 8 heteroatoms. The van der Waals surface area contributed by atoms with Gasteiger partial charge in [0.15, 0.2) is 0 Å². The number of piperidine rings is 1. The molecule has 1 aliphatic rings. The van der Waals surface area contributed by atoms with Crippen LogP contribution in [0.15, 0.2) is 48.5 Å². The maximum absolute atomic E-state index is 12.8. The normalized spacial score (nSPS) is 16.2. The Hall–Kier alpha value is -2.87. The first-order chi connectivity index (χ1) is 13.9. The molecular weight excluding hydrogens is 381 g/mol. The Kier molecular flexibility index (Phi) is 5.27. The Balaban J connectivity index is 1.31. The van der Waals surface area contributed by atoms with Crippen LogP contribution in [0.3, 0.4) is 0 Å². The molecule has 2 aromatic carbocycles. The lowest BCUT2D eigenvalue weighted by Gasteiger charge is -2.30. The number of aromatic nitrogens is 2. The van der Waals surface area contributed by atoms with Crippen molar-refractivity contribution in [3.8, 4) is 0 Å². The second-order valence-corrected chi connectivity index (χ2v) is 7.32. The van der Waals surface area contributed by atoms with Crippen molar-refractivity contribution < 1.29 is 18.0 Å². The van der Waals surface area contributed by atoms with E-state index in [0.29, 0.717) is 19.4 Å². The fourth-order valence-corrected chi connectivity index (χ4v) is 3.66. The summed E-state index contributed by atoms with van der Waals surface area (Å²) < 4.78 is 38.5. The molecule has 2 N–H and O–H groups in total. The number of benzene rings is 2. The summed E-state index contributed by atoms with van der Waals surface area (Å²) in [5.74, 6) is 0.447. The number of para-hydroxylation sites is 2. The molecule has 0 spiro atoms. The first-order valence-electron chi connectivity index (χ1n) is 9.52. The molecule has 5 nitrogen and oxygen atoms in total. The summed E-state index contributed by atoms with van der Waals surface area (Å²) in [7, 11) is 0. The highest BCUT2D eigenvalue weighted by Gasteiger charge is 2.31. The molecule has 29 heavy (non-hydrogen) atoms. The van der Waals surface area contributed by atoms with Crippen molar-refractivity contribution in [1.82, 2.24) is 14.9 Å². The van der Waals surface area contributed by atoms with Gasteiger partial charge in [-0.05, 0) is 56.3 Å². The van der Waals surface area contributed by atoms with E-state index in [-0.39, 0.29) is 17.5 Å². The Morgan fingerprint density at radius 3 is 2.62 bits per heavy atom. The van der Waals surface area contributed by atoms with E-state index in [9.17, 15) is 18.0 Å². The summed E-state index contributed by atoms with van der Waals surface area (Å²) >= 11 is 0. The van der Waals surface area contributed by atoms with Crippen LogP contribution in [-0.2, 0) is 17.5 Å². The average molecular weight is 402 g/mol. The molecule has 0 saturated carbocycles. The number of amides is 1. The van der Waals surface area contributed by atoms with E-state index in [2.05, 4.69) is 20.2 Å². The van der Waals surface area contributed by atoms with Crippen LogP contribution < -0.4 is 5.32 Å². The topological polar surface area (TPSA) is 61.0 Å². The number of imidazole rings is 1. The summed E-state index contributed by atoms with van der Waals surface area (Å²) in [6.45, 7) is 2.14. The Bertz CT molecular complexity index is 973. The molecule has 1 amide bonds. The van der Waals surface area contributed by atoms with Crippen LogP contribution in [0.25, 0.3) is 11.0 Å². The van der Waals surface area contributed by atoms with Gasteiger partial charge in [-0.25, -0.2) is 4.98 Å². The maximum Gasteiger partial charge on any atom is 0.416 e. The van der Waals surface area contributed by atoms with Gasteiger partial charge in [0.1, 0.15) is 5.82 Å². The minimum Gasteiger partial charge on any atom is -0.341 e. The summed E-state index contributed by atoms with van der Waals surface area (Å²) in [6.07, 6.45) is -3.11. The number of likely N-dealkylation sites (tertiary alicyclic amines) is 1. The number of H-pyrrole nitrogens is 1. The van der Waals surface area contributed by atoms with E-state index in [4.69, 9.17) is 0 Å². The van der Waals surface area contributed by atoms with Gasteiger partial charge in [0.25, 0.3) is 0 Å². The molecule has 2 heterocycles. The Morgan fingerprint density at radius 1 is 1.14 bits per heavy atom. The van der Waals surface area contributed by atoms with Crippen LogP contribution in [0.1, 0.15) is 24.2 Å². The van der Waals surface area contributed by atoms with Crippen molar-refractivity contribution in [2.24, 2.45) is 5.92 Å². The minimum absolute atomic E-state index is 0.175. The lowest BCUT2D eigenvalue weighted by Crippen LogP contribution is -2.38. The first kappa shape index (κ1) is 19.4. The number of aromatic amines is 1. The third kappa shape index (κ3) is 4.59. The number of carbonyl (C=O) groups is 1. The average Bonchev–Trinajstić information content (AvgIpc) is 3.10. The number of anilines is 1. The third-order valence-electron chi connectivity index (χ3n) is 5.23. The molecule has 0 aliphatic carbocycles. The molecular formula is C21H21F3N4O. The van der Waals surface area contributed by atoms with Crippen LogP contribution in [0.4, 0.5) is 18.9 Å². The van der Waals surface area contributed by atoms with Gasteiger partial charge in [0.2, 0.25) is 5.91 Å². The largest absolute Gasteiger partial charge is 0.416 e. The van der Waals surface area contributed by atoms with Crippen molar-refractivity contribution in [2.45, 2.75) is 25.6 Å². The molecule has 1 aliphatic heterocycles. The van der Waals surface area contributed by atoms with Gasteiger partial charge in [-0.1, -0.05) is 18.2 Å². The Morgan fingerprint density at radius 2 is 1.90 bits per heavy atom. The zero-order valence-electron chi connectivity index (χ0n) is 15.7. The number of halogens is 3. The number of fused-ring (bicyclic) bond motifs is 1. The number of carbonyl (C=O) groups excluding carboxylic acids is 1. The highest BCUT2D eigenvalue weighted by molar-refractivity contribution is 5.92. The van der Waals surface area contributed by atoms with Gasteiger partial charge in [0, 0.05) is 11.6 Å². The van der Waals surface area contributed by atoms with E-state index in [1.807, 2.05) is 24.3 Å². The van der Waals surface area contributed by atoms with Crippen molar-refractivity contribution >= 4 is 22.6 Å². The molecule has 152 valence electrons. The lowest BCUT2D eigenvalue weighted by molar-refractivity contribution is -0.137. The maximum atomic E-state index is 12.8. The van der Waals surface area contributed by atoms with E-state index < -0.39 is 11.7 Å². The van der Waals surface area contributed by atoms with Gasteiger partial charge in [-0.3, -0.25) is 9.69 Å². The fraction of sp³-hybridized carbons (Fsp3) is 0.333. The molecule has 0 unspecified atom stereocenters. The SMILES string of the molecule is O=C(Nc1cccc(C(F)(F)F)c1)C1CCN(Cc2nc3ccccc3[nH]2)CC1. The number of alkyl halides is 3. The van der Waals surface area contributed by atoms with E-state index in [1.54, 1.807) is 0 Å². The van der Waals surface area contributed by atoms with Crippen molar-refractivity contribution in [2.75, 3.05) is 18.4 Å². The van der Waals surface area contributed by atoms with Crippen molar-refractivity contribution in [3.05, 3.63) is 59.9 Å². The Labute approximate surface area is 165 Å². The van der Waals surface area contributed by atoms with Crippen LogP contribution >= 0.6 is 0 Å². The van der Waals surface area contributed by atoms with Crippen LogP contribution in [0.2, 0.25) is 0 Å². The number of nitrogens with one attached hydrogen (secondary N) is 2. The minimum atomic E-state index is -4.43. The second kappa shape index (κ2) is 7.87. The molecule has 0 bridgehead atoms. The lowest BCUT2D eigenvalue weighted by atomic mass is 9.95. The molecule has 1 saturated heterocycles. The summed E-state index contributed by atoms with van der Waals surface area (Å²) in [5, 5.41) is 2.63. The van der Waals surface area contributed by atoms with Gasteiger partial charge in [-0.2, -0.15) is 13.2 Å². The smallest absolute Gasteiger partial charge is 0.341 e. The molecule has 4 rings (SSSR count). The molecule has 3 aromatic rings. The van der Waals surface area contributed by atoms with E-state index in [0.717, 1.165) is 42.1 Å². The van der Waals surface area contributed by atoms with E-state index in [1.165, 1.54) is 12.1 Å². The number of nitrogens with zero attached hydrogens (tertiary/aromatic N) is 2. The summed E-state index contributed by atoms with van der Waals surface area (Å²) in [5.41, 5.74) is 1.33. The summed E-state index contributed by atoms with van der Waals surface area (Å²) in [6, 6.07) is 12.6. The third-order valence-corrected chi connectivity index (χ3v) is 5.23. The number of rotatable bonds is 4. The predicted octanol–water partition coefficient (Wildman–Crippen LogP) is 4.43. The van der Waals surface area contributed by atoms with Gasteiger partial charge in [-0.15, -0.1) is 0 Å². The molecule has 1 fully saturated rings. The fourth-order valence-electron chi connectivity index (χ4n) is 3.66. The summed E-state index contributed by atoms with van der Waals surface area (Å²) in [4.78, 5) is 22.6. The first-order valence-corrected chi connectivity index (χ1v) is 9.52. The van der Waals surface area contributed by atoms with Crippen molar-refractivity contribution in [3.63, 3.8) is 0 Å². The predicted molar refractivity (Wildman–Crippen MR) is 104 cm³/mol. The molecule has 0 atom stereocenters. The quantitative estimate of drug-likeness (QED) is 0.679.